The van der Waals surface area contributed by atoms with E-state index in [0.29, 0.717) is 0 Å². The molecule has 0 spiro atoms. The molecular weight excluding hydrogens is 256 g/mol. The summed E-state index contributed by atoms with van der Waals surface area (Å²) in [7, 11) is 0. The summed E-state index contributed by atoms with van der Waals surface area (Å²) in [6.07, 6.45) is 1.36. The molecule has 0 amide bonds. The lowest BCUT2D eigenvalue weighted by Gasteiger charge is -2.38. The van der Waals surface area contributed by atoms with Crippen molar-refractivity contribution in [2.24, 2.45) is 11.8 Å². The Morgan fingerprint density at radius 1 is 1.14 bits per heavy atom. The Morgan fingerprint density at radius 3 is 2.33 bits per heavy atom. The van der Waals surface area contributed by atoms with Crippen molar-refractivity contribution in [1.82, 2.24) is 5.32 Å². The largest absolute Gasteiger partial charge is 0.371 e. The van der Waals surface area contributed by atoms with Gasteiger partial charge in [0.25, 0.3) is 0 Å². The minimum atomic E-state index is 0.156. The van der Waals surface area contributed by atoms with Crippen LogP contribution in [-0.4, -0.2) is 18.6 Å². The Morgan fingerprint density at radius 2 is 1.76 bits per heavy atom. The monoisotopic (exact) mass is 288 g/mol. The maximum atomic E-state index is 3.64. The number of benzene rings is 1. The van der Waals surface area contributed by atoms with Crippen molar-refractivity contribution >= 4 is 5.69 Å². The fraction of sp³-hybridized carbons (Fsp3) is 0.684. The molecule has 2 atom stereocenters. The lowest BCUT2D eigenvalue weighted by atomic mass is 9.91. The number of hydrogen-bond acceptors (Lipinski definition) is 2. The van der Waals surface area contributed by atoms with Crippen LogP contribution in [0.15, 0.2) is 18.2 Å². The molecule has 1 aliphatic heterocycles. The van der Waals surface area contributed by atoms with E-state index in [-0.39, 0.29) is 5.54 Å². The molecule has 1 aromatic rings. The maximum absolute atomic E-state index is 3.64. The van der Waals surface area contributed by atoms with Crippen LogP contribution >= 0.6 is 0 Å². The van der Waals surface area contributed by atoms with Gasteiger partial charge in [-0.05, 0) is 57.6 Å². The number of nitrogens with zero attached hydrogens (tertiary/aromatic N) is 1. The Balaban J connectivity index is 2.21. The van der Waals surface area contributed by atoms with Crippen molar-refractivity contribution in [3.05, 3.63) is 29.3 Å². The zero-order chi connectivity index (χ0) is 15.6. The number of hydrogen-bond donors (Lipinski definition) is 1. The highest BCUT2D eigenvalue weighted by molar-refractivity contribution is 5.55. The first-order chi connectivity index (χ1) is 9.74. The van der Waals surface area contributed by atoms with Crippen LogP contribution in [0.4, 0.5) is 5.69 Å². The second-order valence-corrected chi connectivity index (χ2v) is 8.09. The molecule has 1 N–H and O–H groups in total. The highest BCUT2D eigenvalue weighted by Gasteiger charge is 2.23. The van der Waals surface area contributed by atoms with Crippen LogP contribution < -0.4 is 10.2 Å². The second kappa shape index (κ2) is 6.39. The van der Waals surface area contributed by atoms with Gasteiger partial charge in [-0.2, -0.15) is 0 Å². The van der Waals surface area contributed by atoms with Crippen molar-refractivity contribution in [1.29, 1.82) is 0 Å². The molecule has 1 saturated heterocycles. The van der Waals surface area contributed by atoms with E-state index in [2.05, 4.69) is 70.0 Å². The van der Waals surface area contributed by atoms with Crippen molar-refractivity contribution in [2.75, 3.05) is 18.0 Å². The number of nitrogens with one attached hydrogen (secondary N) is 1. The summed E-state index contributed by atoms with van der Waals surface area (Å²) in [5, 5.41) is 3.64. The van der Waals surface area contributed by atoms with Crippen LogP contribution in [0, 0.1) is 18.8 Å². The zero-order valence-corrected chi connectivity index (χ0v) is 14.7. The van der Waals surface area contributed by atoms with E-state index in [4.69, 9.17) is 0 Å². The van der Waals surface area contributed by atoms with E-state index in [1.165, 1.54) is 36.3 Å². The SMILES string of the molecule is Cc1ccc(N2CC(C)CC(C)C2)c(CNC(C)(C)C)c1. The van der Waals surface area contributed by atoms with Gasteiger partial charge in [0.2, 0.25) is 0 Å². The van der Waals surface area contributed by atoms with Crippen molar-refractivity contribution in [3.8, 4) is 0 Å². The summed E-state index contributed by atoms with van der Waals surface area (Å²) in [6.45, 7) is 17.0. The maximum Gasteiger partial charge on any atom is 0.0412 e. The van der Waals surface area contributed by atoms with Gasteiger partial charge in [0.1, 0.15) is 0 Å². The van der Waals surface area contributed by atoms with E-state index >= 15 is 0 Å². The summed E-state index contributed by atoms with van der Waals surface area (Å²) in [5.41, 5.74) is 4.37. The van der Waals surface area contributed by atoms with Gasteiger partial charge in [0.05, 0.1) is 0 Å². The average Bonchev–Trinajstić information content (AvgIpc) is 2.34. The van der Waals surface area contributed by atoms with E-state index in [1.54, 1.807) is 0 Å². The predicted octanol–water partition coefficient (Wildman–Crippen LogP) is 4.37. The lowest BCUT2D eigenvalue weighted by Crippen LogP contribution is -2.40. The van der Waals surface area contributed by atoms with Crippen LogP contribution in [-0.2, 0) is 6.54 Å². The van der Waals surface area contributed by atoms with Gasteiger partial charge in [-0.15, -0.1) is 0 Å². The Kier molecular flexibility index (Phi) is 4.98. The highest BCUT2D eigenvalue weighted by atomic mass is 15.1. The predicted molar refractivity (Wildman–Crippen MR) is 92.9 cm³/mol. The van der Waals surface area contributed by atoms with E-state index in [0.717, 1.165) is 18.4 Å². The molecule has 1 aromatic carbocycles. The summed E-state index contributed by atoms with van der Waals surface area (Å²) < 4.78 is 0. The van der Waals surface area contributed by atoms with Gasteiger partial charge >= 0.3 is 0 Å². The van der Waals surface area contributed by atoms with Crippen molar-refractivity contribution in [3.63, 3.8) is 0 Å². The van der Waals surface area contributed by atoms with Crippen molar-refractivity contribution in [2.45, 2.75) is 60.0 Å². The third-order valence-electron chi connectivity index (χ3n) is 4.25. The number of rotatable bonds is 3. The first-order valence-corrected chi connectivity index (χ1v) is 8.34. The molecule has 2 nitrogen and oxygen atoms in total. The van der Waals surface area contributed by atoms with Gasteiger partial charge in [-0.25, -0.2) is 0 Å². The molecule has 118 valence electrons. The fourth-order valence-corrected chi connectivity index (χ4v) is 3.38. The Bertz CT molecular complexity index is 463. The minimum absolute atomic E-state index is 0.156. The van der Waals surface area contributed by atoms with Gasteiger partial charge in [0, 0.05) is 30.9 Å². The number of piperidine rings is 1. The van der Waals surface area contributed by atoms with E-state index in [9.17, 15) is 0 Å². The summed E-state index contributed by atoms with van der Waals surface area (Å²) >= 11 is 0. The van der Waals surface area contributed by atoms with Gasteiger partial charge < -0.3 is 10.2 Å². The van der Waals surface area contributed by atoms with E-state index < -0.39 is 0 Å². The van der Waals surface area contributed by atoms with E-state index in [1.807, 2.05) is 0 Å². The third-order valence-corrected chi connectivity index (χ3v) is 4.25. The molecule has 2 unspecified atom stereocenters. The molecule has 1 heterocycles. The quantitative estimate of drug-likeness (QED) is 0.888. The zero-order valence-electron chi connectivity index (χ0n) is 14.7. The number of anilines is 1. The molecular formula is C19H32N2. The highest BCUT2D eigenvalue weighted by Crippen LogP contribution is 2.29. The van der Waals surface area contributed by atoms with Crippen molar-refractivity contribution < 1.29 is 0 Å². The topological polar surface area (TPSA) is 15.3 Å². The van der Waals surface area contributed by atoms with Crippen LogP contribution in [0.3, 0.4) is 0 Å². The van der Waals surface area contributed by atoms with Crippen LogP contribution in [0.25, 0.3) is 0 Å². The summed E-state index contributed by atoms with van der Waals surface area (Å²) in [5.74, 6) is 1.58. The Hall–Kier alpha value is -1.02. The van der Waals surface area contributed by atoms with Gasteiger partial charge in [-0.1, -0.05) is 31.5 Å². The van der Waals surface area contributed by atoms with Crippen LogP contribution in [0.2, 0.25) is 0 Å². The smallest absolute Gasteiger partial charge is 0.0412 e. The first-order valence-electron chi connectivity index (χ1n) is 8.34. The minimum Gasteiger partial charge on any atom is -0.371 e. The Labute approximate surface area is 130 Å². The normalized spacial score (nSPS) is 23.4. The molecule has 0 aromatic heterocycles. The van der Waals surface area contributed by atoms with Gasteiger partial charge in [0.15, 0.2) is 0 Å². The average molecular weight is 288 g/mol. The third kappa shape index (κ3) is 4.74. The van der Waals surface area contributed by atoms with Crippen LogP contribution in [0.1, 0.15) is 52.2 Å². The summed E-state index contributed by atoms with van der Waals surface area (Å²) in [4.78, 5) is 2.60. The lowest BCUT2D eigenvalue weighted by molar-refractivity contribution is 0.355. The fourth-order valence-electron chi connectivity index (χ4n) is 3.38. The molecule has 2 heteroatoms. The molecule has 0 bridgehead atoms. The molecule has 1 fully saturated rings. The van der Waals surface area contributed by atoms with Gasteiger partial charge in [-0.3, -0.25) is 0 Å². The number of aryl methyl sites for hydroxylation is 1. The molecule has 0 saturated carbocycles. The molecule has 21 heavy (non-hydrogen) atoms. The first kappa shape index (κ1) is 16.4. The second-order valence-electron chi connectivity index (χ2n) is 8.09. The van der Waals surface area contributed by atoms with Crippen LogP contribution in [0.5, 0.6) is 0 Å². The molecule has 0 aliphatic carbocycles. The molecule has 1 aliphatic rings. The molecule has 2 rings (SSSR count). The standard InChI is InChI=1S/C19H32N2/c1-14-7-8-18(17(10-14)11-20-19(4,5)6)21-12-15(2)9-16(3)13-21/h7-8,10,15-16,20H,9,11-13H2,1-6H3. The summed E-state index contributed by atoms with van der Waals surface area (Å²) in [6, 6.07) is 6.91. The molecule has 0 radical (unpaired) electrons.